The topological polar surface area (TPSA) is 108 Å². The van der Waals surface area contributed by atoms with Crippen LogP contribution in [0.15, 0.2) is 18.2 Å². The summed E-state index contributed by atoms with van der Waals surface area (Å²) >= 11 is 0. The molecule has 1 aliphatic heterocycles. The quantitative estimate of drug-likeness (QED) is 0.626. The lowest BCUT2D eigenvalue weighted by Gasteiger charge is -2.23. The molecular formula is C13H16N2O5. The SMILES string of the molecule is O=C(Nc1ccc(O)c(C(=O)O)c1)NC1CCCOC1. The van der Waals surface area contributed by atoms with E-state index < -0.39 is 12.0 Å². The fourth-order valence-corrected chi connectivity index (χ4v) is 1.99. The molecule has 0 bridgehead atoms. The molecule has 2 rings (SSSR count). The molecular weight excluding hydrogens is 264 g/mol. The van der Waals surface area contributed by atoms with Gasteiger partial charge >= 0.3 is 12.0 Å². The number of hydrogen-bond acceptors (Lipinski definition) is 4. The van der Waals surface area contributed by atoms with Gasteiger partial charge in [0, 0.05) is 12.3 Å². The van der Waals surface area contributed by atoms with Crippen LogP contribution in [0.2, 0.25) is 0 Å². The molecule has 1 fully saturated rings. The van der Waals surface area contributed by atoms with Gasteiger partial charge in [0.1, 0.15) is 11.3 Å². The molecule has 0 aromatic heterocycles. The van der Waals surface area contributed by atoms with Crippen LogP contribution in [0.4, 0.5) is 10.5 Å². The third kappa shape index (κ3) is 3.61. The molecule has 1 heterocycles. The van der Waals surface area contributed by atoms with Crippen molar-refractivity contribution in [1.82, 2.24) is 5.32 Å². The van der Waals surface area contributed by atoms with Crippen LogP contribution in [0.3, 0.4) is 0 Å². The van der Waals surface area contributed by atoms with E-state index >= 15 is 0 Å². The van der Waals surface area contributed by atoms with Gasteiger partial charge in [-0.25, -0.2) is 9.59 Å². The van der Waals surface area contributed by atoms with Crippen molar-refractivity contribution in [2.24, 2.45) is 0 Å². The van der Waals surface area contributed by atoms with Crippen molar-refractivity contribution in [3.63, 3.8) is 0 Å². The van der Waals surface area contributed by atoms with Crippen LogP contribution in [0, 0.1) is 0 Å². The van der Waals surface area contributed by atoms with Gasteiger partial charge in [0.15, 0.2) is 0 Å². The number of aromatic carboxylic acids is 1. The lowest BCUT2D eigenvalue weighted by atomic mass is 10.1. The highest BCUT2D eigenvalue weighted by atomic mass is 16.5. The van der Waals surface area contributed by atoms with Crippen molar-refractivity contribution in [2.75, 3.05) is 18.5 Å². The standard InChI is InChI=1S/C13H16N2O5/c16-11-4-3-8(6-10(11)12(17)18)14-13(19)15-9-2-1-5-20-7-9/h3-4,6,9,16H,1-2,5,7H2,(H,17,18)(H2,14,15,19). The fourth-order valence-electron chi connectivity index (χ4n) is 1.99. The van der Waals surface area contributed by atoms with E-state index in [0.717, 1.165) is 12.8 Å². The van der Waals surface area contributed by atoms with E-state index in [4.69, 9.17) is 9.84 Å². The predicted octanol–water partition coefficient (Wildman–Crippen LogP) is 1.39. The number of carboxylic acid groups (broad SMARTS) is 1. The fraction of sp³-hybridized carbons (Fsp3) is 0.385. The summed E-state index contributed by atoms with van der Waals surface area (Å²) in [5.41, 5.74) is 0.0400. The number of amides is 2. The predicted molar refractivity (Wildman–Crippen MR) is 71.1 cm³/mol. The number of carbonyl (C=O) groups excluding carboxylic acids is 1. The molecule has 1 aromatic rings. The molecule has 7 heteroatoms. The summed E-state index contributed by atoms with van der Waals surface area (Å²) < 4.78 is 5.25. The van der Waals surface area contributed by atoms with Gasteiger partial charge in [-0.3, -0.25) is 0 Å². The molecule has 0 spiro atoms. The zero-order valence-electron chi connectivity index (χ0n) is 10.8. The first kappa shape index (κ1) is 14.1. The minimum atomic E-state index is -1.26. The molecule has 4 N–H and O–H groups in total. The van der Waals surface area contributed by atoms with Gasteiger partial charge in [-0.2, -0.15) is 0 Å². The van der Waals surface area contributed by atoms with Crippen molar-refractivity contribution in [1.29, 1.82) is 0 Å². The van der Waals surface area contributed by atoms with Crippen molar-refractivity contribution in [3.05, 3.63) is 23.8 Å². The summed E-state index contributed by atoms with van der Waals surface area (Å²) in [6.07, 6.45) is 1.75. The number of hydrogen-bond donors (Lipinski definition) is 4. The number of phenols is 1. The van der Waals surface area contributed by atoms with E-state index in [9.17, 15) is 14.7 Å². The van der Waals surface area contributed by atoms with E-state index in [1.54, 1.807) is 0 Å². The Kier molecular flexibility index (Phi) is 4.41. The Morgan fingerprint density at radius 1 is 1.35 bits per heavy atom. The molecule has 0 saturated carbocycles. The number of carboxylic acids is 1. The molecule has 1 atom stereocenters. The lowest BCUT2D eigenvalue weighted by molar-refractivity contribution is 0.0693. The Labute approximate surface area is 115 Å². The summed E-state index contributed by atoms with van der Waals surface area (Å²) in [4.78, 5) is 22.6. The number of anilines is 1. The Morgan fingerprint density at radius 2 is 2.15 bits per heavy atom. The number of rotatable bonds is 3. The number of ether oxygens (including phenoxy) is 1. The van der Waals surface area contributed by atoms with Gasteiger partial charge in [-0.05, 0) is 31.0 Å². The second-order valence-corrected chi connectivity index (χ2v) is 4.55. The van der Waals surface area contributed by atoms with Crippen LogP contribution in [0.1, 0.15) is 23.2 Å². The first-order chi connectivity index (χ1) is 9.56. The number of nitrogens with one attached hydrogen (secondary N) is 2. The number of urea groups is 1. The van der Waals surface area contributed by atoms with Gasteiger partial charge in [0.25, 0.3) is 0 Å². The van der Waals surface area contributed by atoms with E-state index in [0.29, 0.717) is 18.9 Å². The minimum absolute atomic E-state index is 0.0418. The summed E-state index contributed by atoms with van der Waals surface area (Å²) in [6.45, 7) is 1.18. The third-order valence-electron chi connectivity index (χ3n) is 2.98. The van der Waals surface area contributed by atoms with Crippen molar-refractivity contribution in [2.45, 2.75) is 18.9 Å². The molecule has 7 nitrogen and oxygen atoms in total. The molecule has 2 amide bonds. The number of aromatic hydroxyl groups is 1. The van der Waals surface area contributed by atoms with Crippen molar-refractivity contribution < 1.29 is 24.5 Å². The van der Waals surface area contributed by atoms with Crippen LogP contribution < -0.4 is 10.6 Å². The molecule has 0 radical (unpaired) electrons. The molecule has 1 aromatic carbocycles. The van der Waals surface area contributed by atoms with Crippen LogP contribution in [0.5, 0.6) is 5.75 Å². The minimum Gasteiger partial charge on any atom is -0.507 e. The summed E-state index contributed by atoms with van der Waals surface area (Å²) in [5.74, 6) is -1.60. The van der Waals surface area contributed by atoms with Gasteiger partial charge in [-0.1, -0.05) is 0 Å². The number of carbonyl (C=O) groups is 2. The van der Waals surface area contributed by atoms with Crippen LogP contribution in [-0.4, -0.2) is 41.5 Å². The number of benzene rings is 1. The summed E-state index contributed by atoms with van der Waals surface area (Å²) in [7, 11) is 0. The molecule has 1 unspecified atom stereocenters. The van der Waals surface area contributed by atoms with E-state index in [1.807, 2.05) is 0 Å². The van der Waals surface area contributed by atoms with E-state index in [-0.39, 0.29) is 17.4 Å². The smallest absolute Gasteiger partial charge is 0.339 e. The monoisotopic (exact) mass is 280 g/mol. The van der Waals surface area contributed by atoms with Crippen LogP contribution >= 0.6 is 0 Å². The van der Waals surface area contributed by atoms with Gasteiger partial charge in [-0.15, -0.1) is 0 Å². The van der Waals surface area contributed by atoms with Crippen molar-refractivity contribution >= 4 is 17.7 Å². The molecule has 20 heavy (non-hydrogen) atoms. The Balaban J connectivity index is 1.96. The van der Waals surface area contributed by atoms with Gasteiger partial charge < -0.3 is 25.6 Å². The summed E-state index contributed by atoms with van der Waals surface area (Å²) in [5, 5.41) is 23.5. The second-order valence-electron chi connectivity index (χ2n) is 4.55. The highest BCUT2D eigenvalue weighted by molar-refractivity contribution is 5.95. The Bertz CT molecular complexity index is 511. The highest BCUT2D eigenvalue weighted by Crippen LogP contribution is 2.21. The second kappa shape index (κ2) is 6.25. The van der Waals surface area contributed by atoms with E-state index in [1.165, 1.54) is 18.2 Å². The van der Waals surface area contributed by atoms with Gasteiger partial charge in [0.2, 0.25) is 0 Å². The molecule has 108 valence electrons. The van der Waals surface area contributed by atoms with Gasteiger partial charge in [0.05, 0.1) is 12.6 Å². The molecule has 0 aliphatic carbocycles. The lowest BCUT2D eigenvalue weighted by Crippen LogP contribution is -2.42. The average Bonchev–Trinajstić information content (AvgIpc) is 2.41. The first-order valence-electron chi connectivity index (χ1n) is 6.28. The average molecular weight is 280 g/mol. The Morgan fingerprint density at radius 3 is 2.80 bits per heavy atom. The normalized spacial score (nSPS) is 18.3. The van der Waals surface area contributed by atoms with Crippen LogP contribution in [0.25, 0.3) is 0 Å². The van der Waals surface area contributed by atoms with Crippen molar-refractivity contribution in [3.8, 4) is 5.75 Å². The maximum absolute atomic E-state index is 11.8. The van der Waals surface area contributed by atoms with Crippen LogP contribution in [-0.2, 0) is 4.74 Å². The molecule has 1 aliphatic rings. The first-order valence-corrected chi connectivity index (χ1v) is 6.28. The third-order valence-corrected chi connectivity index (χ3v) is 2.98. The highest BCUT2D eigenvalue weighted by Gasteiger charge is 2.17. The largest absolute Gasteiger partial charge is 0.507 e. The summed E-state index contributed by atoms with van der Waals surface area (Å²) in [6, 6.07) is 3.39. The zero-order valence-corrected chi connectivity index (χ0v) is 10.8. The molecule has 1 saturated heterocycles. The maximum Gasteiger partial charge on any atom is 0.339 e. The zero-order chi connectivity index (χ0) is 14.5. The maximum atomic E-state index is 11.8. The Hall–Kier alpha value is -2.28. The van der Waals surface area contributed by atoms with E-state index in [2.05, 4.69) is 10.6 Å².